The third-order valence-corrected chi connectivity index (χ3v) is 5.02. The summed E-state index contributed by atoms with van der Waals surface area (Å²) in [5, 5.41) is 3.07. The first-order valence-electron chi connectivity index (χ1n) is 8.68. The third-order valence-electron chi connectivity index (χ3n) is 4.06. The van der Waals surface area contributed by atoms with E-state index in [0.717, 1.165) is 28.1 Å². The summed E-state index contributed by atoms with van der Waals surface area (Å²) < 4.78 is 16.9. The molecular formula is C21H16N2O5S. The number of carbonyl (C=O) groups is 1. The van der Waals surface area contributed by atoms with Crippen molar-refractivity contribution >= 4 is 32.6 Å². The Bertz CT molecular complexity index is 1200. The van der Waals surface area contributed by atoms with Gasteiger partial charge >= 0.3 is 0 Å². The van der Waals surface area contributed by atoms with Gasteiger partial charge in [0.15, 0.2) is 10.9 Å². The van der Waals surface area contributed by atoms with Gasteiger partial charge in [-0.2, -0.15) is 0 Å². The first-order valence-corrected chi connectivity index (χ1v) is 9.49. The summed E-state index contributed by atoms with van der Waals surface area (Å²) in [6, 6.07) is 15.9. The van der Waals surface area contributed by atoms with Gasteiger partial charge in [-0.3, -0.25) is 14.9 Å². The minimum atomic E-state index is -0.555. The Hall–Kier alpha value is -3.65. The largest absolute Gasteiger partial charge is 0.497 e. The number of ether oxygens (including phenoxy) is 2. The molecule has 1 amide bonds. The molecule has 0 aliphatic heterocycles. The SMILES string of the molecule is COc1cccc(COc2coc(C(=O)Nc3nc4ccccc4s3)cc2=O)c1. The normalized spacial score (nSPS) is 10.7. The van der Waals surface area contributed by atoms with Crippen molar-refractivity contribution < 1.29 is 18.7 Å². The number of thiazole rings is 1. The minimum absolute atomic E-state index is 0.0179. The Morgan fingerprint density at radius 3 is 2.83 bits per heavy atom. The highest BCUT2D eigenvalue weighted by atomic mass is 32.1. The number of aromatic nitrogens is 1. The van der Waals surface area contributed by atoms with E-state index in [9.17, 15) is 9.59 Å². The van der Waals surface area contributed by atoms with Gasteiger partial charge in [-0.05, 0) is 29.8 Å². The van der Waals surface area contributed by atoms with Crippen LogP contribution in [-0.4, -0.2) is 18.0 Å². The van der Waals surface area contributed by atoms with E-state index in [4.69, 9.17) is 13.9 Å². The minimum Gasteiger partial charge on any atom is -0.497 e. The molecule has 7 nitrogen and oxygen atoms in total. The number of carbonyl (C=O) groups excluding carboxylic acids is 1. The second kappa shape index (κ2) is 8.15. The number of para-hydroxylation sites is 1. The molecule has 0 aliphatic rings. The van der Waals surface area contributed by atoms with Crippen LogP contribution in [0.3, 0.4) is 0 Å². The predicted octanol–water partition coefficient (Wildman–Crippen LogP) is 4.09. The maximum absolute atomic E-state index is 12.4. The molecule has 29 heavy (non-hydrogen) atoms. The maximum atomic E-state index is 12.4. The van der Waals surface area contributed by atoms with Crippen LogP contribution in [0.1, 0.15) is 16.1 Å². The summed E-state index contributed by atoms with van der Waals surface area (Å²) in [5.74, 6) is 0.0350. The van der Waals surface area contributed by atoms with E-state index in [1.807, 2.05) is 42.5 Å². The number of rotatable bonds is 6. The number of hydrogen-bond acceptors (Lipinski definition) is 7. The van der Waals surface area contributed by atoms with Crippen molar-refractivity contribution in [3.8, 4) is 11.5 Å². The summed E-state index contributed by atoms with van der Waals surface area (Å²) in [5.41, 5.74) is 1.17. The van der Waals surface area contributed by atoms with Crippen LogP contribution in [0.4, 0.5) is 5.13 Å². The fourth-order valence-electron chi connectivity index (χ4n) is 2.63. The molecule has 0 fully saturated rings. The van der Waals surface area contributed by atoms with Gasteiger partial charge in [0, 0.05) is 6.07 Å². The number of benzene rings is 2. The molecule has 1 N–H and O–H groups in total. The van der Waals surface area contributed by atoms with Crippen LogP contribution in [0.15, 0.2) is 70.1 Å². The average molecular weight is 408 g/mol. The van der Waals surface area contributed by atoms with E-state index >= 15 is 0 Å². The summed E-state index contributed by atoms with van der Waals surface area (Å²) in [4.78, 5) is 29.0. The summed E-state index contributed by atoms with van der Waals surface area (Å²) in [6.07, 6.45) is 1.13. The lowest BCUT2D eigenvalue weighted by Crippen LogP contribution is -2.15. The van der Waals surface area contributed by atoms with Crippen molar-refractivity contribution in [1.29, 1.82) is 0 Å². The van der Waals surface area contributed by atoms with Gasteiger partial charge in [0.1, 0.15) is 18.6 Å². The summed E-state index contributed by atoms with van der Waals surface area (Å²) >= 11 is 1.34. The molecule has 0 spiro atoms. The second-order valence-corrected chi connectivity index (χ2v) is 7.08. The molecule has 0 bridgehead atoms. The zero-order valence-electron chi connectivity index (χ0n) is 15.4. The maximum Gasteiger partial charge on any atom is 0.293 e. The van der Waals surface area contributed by atoms with Crippen LogP contribution < -0.4 is 20.2 Å². The van der Waals surface area contributed by atoms with Crippen molar-refractivity contribution in [1.82, 2.24) is 4.98 Å². The van der Waals surface area contributed by atoms with Gasteiger partial charge in [-0.1, -0.05) is 35.6 Å². The van der Waals surface area contributed by atoms with Crippen LogP contribution in [0.2, 0.25) is 0 Å². The van der Waals surface area contributed by atoms with Gasteiger partial charge in [-0.15, -0.1) is 0 Å². The Kier molecular flexibility index (Phi) is 5.26. The zero-order valence-corrected chi connectivity index (χ0v) is 16.2. The Labute approximate surface area is 169 Å². The van der Waals surface area contributed by atoms with Gasteiger partial charge in [-0.25, -0.2) is 4.98 Å². The molecule has 0 atom stereocenters. The standard InChI is InChI=1S/C21H16N2O5S/c1-26-14-6-4-5-13(9-14)11-27-18-12-28-17(10-16(18)24)20(25)23-21-22-15-7-2-3-8-19(15)29-21/h2-10,12H,11H2,1H3,(H,22,23,25). The monoisotopic (exact) mass is 408 g/mol. The fraction of sp³-hybridized carbons (Fsp3) is 0.0952. The highest BCUT2D eigenvalue weighted by Gasteiger charge is 2.14. The molecule has 4 rings (SSSR count). The highest BCUT2D eigenvalue weighted by Crippen LogP contribution is 2.25. The highest BCUT2D eigenvalue weighted by molar-refractivity contribution is 7.22. The van der Waals surface area contributed by atoms with Gasteiger partial charge in [0.2, 0.25) is 11.2 Å². The molecular weight excluding hydrogens is 392 g/mol. The van der Waals surface area contributed by atoms with Gasteiger partial charge in [0.05, 0.1) is 17.3 Å². The second-order valence-electron chi connectivity index (χ2n) is 6.05. The topological polar surface area (TPSA) is 90.7 Å². The molecule has 4 aromatic rings. The van der Waals surface area contributed by atoms with E-state index in [-0.39, 0.29) is 18.1 Å². The first-order chi connectivity index (χ1) is 14.1. The number of hydrogen-bond donors (Lipinski definition) is 1. The molecule has 0 aliphatic carbocycles. The van der Waals surface area contributed by atoms with E-state index in [1.165, 1.54) is 11.3 Å². The molecule has 0 saturated heterocycles. The number of amides is 1. The number of fused-ring (bicyclic) bond motifs is 1. The molecule has 2 aromatic carbocycles. The van der Waals surface area contributed by atoms with Crippen molar-refractivity contribution in [2.24, 2.45) is 0 Å². The molecule has 8 heteroatoms. The number of nitrogens with one attached hydrogen (secondary N) is 1. The molecule has 0 radical (unpaired) electrons. The van der Waals surface area contributed by atoms with Crippen LogP contribution in [0.5, 0.6) is 11.5 Å². The molecule has 2 aromatic heterocycles. The van der Waals surface area contributed by atoms with Crippen LogP contribution >= 0.6 is 11.3 Å². The Morgan fingerprint density at radius 1 is 1.17 bits per heavy atom. The fourth-order valence-corrected chi connectivity index (χ4v) is 3.49. The van der Waals surface area contributed by atoms with Crippen LogP contribution in [0, 0.1) is 0 Å². The average Bonchev–Trinajstić information content (AvgIpc) is 3.15. The van der Waals surface area contributed by atoms with Crippen LogP contribution in [-0.2, 0) is 6.61 Å². The number of methoxy groups -OCH3 is 1. The Morgan fingerprint density at radius 2 is 2.03 bits per heavy atom. The van der Waals surface area contributed by atoms with Crippen molar-refractivity contribution in [3.05, 3.63) is 82.4 Å². The van der Waals surface area contributed by atoms with Crippen molar-refractivity contribution in [2.45, 2.75) is 6.61 Å². The van der Waals surface area contributed by atoms with Crippen LogP contribution in [0.25, 0.3) is 10.2 Å². The molecule has 0 saturated carbocycles. The van der Waals surface area contributed by atoms with E-state index in [2.05, 4.69) is 10.3 Å². The zero-order chi connectivity index (χ0) is 20.2. The quantitative estimate of drug-likeness (QED) is 0.517. The summed E-state index contributed by atoms with van der Waals surface area (Å²) in [7, 11) is 1.58. The lowest BCUT2D eigenvalue weighted by atomic mass is 10.2. The smallest absolute Gasteiger partial charge is 0.293 e. The third kappa shape index (κ3) is 4.27. The van der Waals surface area contributed by atoms with E-state index < -0.39 is 11.3 Å². The Balaban J connectivity index is 1.44. The lowest BCUT2D eigenvalue weighted by Gasteiger charge is -2.07. The number of anilines is 1. The lowest BCUT2D eigenvalue weighted by molar-refractivity contribution is 0.0993. The van der Waals surface area contributed by atoms with Crippen molar-refractivity contribution in [3.63, 3.8) is 0 Å². The van der Waals surface area contributed by atoms with E-state index in [0.29, 0.717) is 10.9 Å². The first kappa shape index (κ1) is 18.7. The van der Waals surface area contributed by atoms with E-state index in [1.54, 1.807) is 13.2 Å². The van der Waals surface area contributed by atoms with Gasteiger partial charge in [0.25, 0.3) is 5.91 Å². The molecule has 2 heterocycles. The predicted molar refractivity (Wildman–Crippen MR) is 110 cm³/mol. The molecule has 0 unspecified atom stereocenters. The number of nitrogens with zero attached hydrogens (tertiary/aromatic N) is 1. The molecule has 146 valence electrons. The summed E-state index contributed by atoms with van der Waals surface area (Å²) in [6.45, 7) is 0.166. The van der Waals surface area contributed by atoms with Crippen molar-refractivity contribution in [2.75, 3.05) is 12.4 Å². The van der Waals surface area contributed by atoms with Gasteiger partial charge < -0.3 is 13.9 Å².